The van der Waals surface area contributed by atoms with Gasteiger partial charge in [0.2, 0.25) is 5.91 Å². The standard InChI is InChI=1S/C11H9ClN2O3/c1-5(15)13-9-7-4-6(12)2-3-8(7)14-10(9)11(16)17/h2-4,14H,1H3,(H,13,15)(H,16,17). The molecule has 0 fully saturated rings. The first kappa shape index (κ1) is 11.5. The molecule has 5 nitrogen and oxygen atoms in total. The highest BCUT2D eigenvalue weighted by Gasteiger charge is 2.17. The number of aromatic amines is 1. The Morgan fingerprint density at radius 1 is 1.41 bits per heavy atom. The SMILES string of the molecule is CC(=O)Nc1c(C(=O)O)[nH]c2ccc(Cl)cc12. The van der Waals surface area contributed by atoms with E-state index in [4.69, 9.17) is 16.7 Å². The van der Waals surface area contributed by atoms with Gasteiger partial charge < -0.3 is 15.4 Å². The van der Waals surface area contributed by atoms with Gasteiger partial charge in [-0.1, -0.05) is 11.6 Å². The zero-order valence-electron chi connectivity index (χ0n) is 8.87. The summed E-state index contributed by atoms with van der Waals surface area (Å²) in [5.74, 6) is -1.48. The van der Waals surface area contributed by atoms with Crippen LogP contribution < -0.4 is 5.32 Å². The average molecular weight is 253 g/mol. The molecule has 3 N–H and O–H groups in total. The maximum absolute atomic E-state index is 11.1. The van der Waals surface area contributed by atoms with Crippen LogP contribution in [0.4, 0.5) is 5.69 Å². The molecule has 0 aliphatic rings. The number of aromatic nitrogens is 1. The fourth-order valence-electron chi connectivity index (χ4n) is 1.63. The Hall–Kier alpha value is -2.01. The van der Waals surface area contributed by atoms with E-state index in [-0.39, 0.29) is 17.3 Å². The van der Waals surface area contributed by atoms with Crippen LogP contribution in [0.1, 0.15) is 17.4 Å². The number of halogens is 1. The first-order valence-corrected chi connectivity index (χ1v) is 5.19. The van der Waals surface area contributed by atoms with Crippen molar-refractivity contribution in [1.29, 1.82) is 0 Å². The van der Waals surface area contributed by atoms with E-state index in [1.807, 2.05) is 0 Å². The Morgan fingerprint density at radius 2 is 2.12 bits per heavy atom. The van der Waals surface area contributed by atoms with E-state index in [1.54, 1.807) is 18.2 Å². The molecule has 0 aliphatic heterocycles. The lowest BCUT2D eigenvalue weighted by atomic mass is 10.2. The predicted molar refractivity (Wildman–Crippen MR) is 64.6 cm³/mol. The topological polar surface area (TPSA) is 82.2 Å². The van der Waals surface area contributed by atoms with E-state index in [2.05, 4.69) is 10.3 Å². The summed E-state index contributed by atoms with van der Waals surface area (Å²) in [6.45, 7) is 1.31. The first-order chi connectivity index (χ1) is 7.99. The summed E-state index contributed by atoms with van der Waals surface area (Å²) >= 11 is 5.84. The summed E-state index contributed by atoms with van der Waals surface area (Å²) in [6.07, 6.45) is 0. The fraction of sp³-hybridized carbons (Fsp3) is 0.0909. The van der Waals surface area contributed by atoms with Crippen LogP contribution in [0.15, 0.2) is 18.2 Å². The van der Waals surface area contributed by atoms with E-state index < -0.39 is 5.97 Å². The van der Waals surface area contributed by atoms with Crippen molar-refractivity contribution in [2.75, 3.05) is 5.32 Å². The van der Waals surface area contributed by atoms with E-state index in [0.717, 1.165) is 0 Å². The maximum atomic E-state index is 11.1. The van der Waals surface area contributed by atoms with Gasteiger partial charge in [-0.15, -0.1) is 0 Å². The number of carboxylic acid groups (broad SMARTS) is 1. The molecule has 17 heavy (non-hydrogen) atoms. The lowest BCUT2D eigenvalue weighted by molar-refractivity contribution is -0.114. The molecule has 2 rings (SSSR count). The second-order valence-electron chi connectivity index (χ2n) is 3.55. The van der Waals surface area contributed by atoms with Gasteiger partial charge in [-0.2, -0.15) is 0 Å². The molecule has 0 unspecified atom stereocenters. The molecule has 1 aromatic carbocycles. The van der Waals surface area contributed by atoms with Crippen molar-refractivity contribution in [1.82, 2.24) is 4.98 Å². The van der Waals surface area contributed by atoms with Crippen LogP contribution >= 0.6 is 11.6 Å². The Bertz CT molecular complexity index is 618. The summed E-state index contributed by atoms with van der Waals surface area (Å²) < 4.78 is 0. The van der Waals surface area contributed by atoms with Crippen LogP contribution in [-0.2, 0) is 4.79 Å². The van der Waals surface area contributed by atoms with Crippen LogP contribution in [0, 0.1) is 0 Å². The number of amides is 1. The van der Waals surface area contributed by atoms with Gasteiger partial charge in [0.15, 0.2) is 0 Å². The summed E-state index contributed by atoms with van der Waals surface area (Å²) in [4.78, 5) is 24.8. The third-order valence-electron chi connectivity index (χ3n) is 2.28. The highest BCUT2D eigenvalue weighted by atomic mass is 35.5. The Kier molecular flexibility index (Phi) is 2.77. The number of rotatable bonds is 2. The summed E-state index contributed by atoms with van der Waals surface area (Å²) in [5.41, 5.74) is 0.788. The lowest BCUT2D eigenvalue weighted by Crippen LogP contribution is -2.09. The first-order valence-electron chi connectivity index (χ1n) is 4.81. The molecule has 1 heterocycles. The van der Waals surface area contributed by atoms with Crippen LogP contribution in [0.5, 0.6) is 0 Å². The number of fused-ring (bicyclic) bond motifs is 1. The minimum absolute atomic E-state index is 0.0579. The Morgan fingerprint density at radius 3 is 2.71 bits per heavy atom. The molecule has 0 atom stereocenters. The van der Waals surface area contributed by atoms with Gasteiger partial charge in [0, 0.05) is 22.8 Å². The second kappa shape index (κ2) is 4.10. The van der Waals surface area contributed by atoms with Crippen molar-refractivity contribution in [3.05, 3.63) is 28.9 Å². The van der Waals surface area contributed by atoms with Crippen LogP contribution in [0.25, 0.3) is 10.9 Å². The quantitative estimate of drug-likeness (QED) is 0.768. The number of carbonyl (C=O) groups is 2. The van der Waals surface area contributed by atoms with Crippen LogP contribution in [0.2, 0.25) is 5.02 Å². The maximum Gasteiger partial charge on any atom is 0.354 e. The third-order valence-corrected chi connectivity index (χ3v) is 2.51. The molecule has 0 saturated carbocycles. The van der Waals surface area contributed by atoms with Crippen molar-refractivity contribution in [2.45, 2.75) is 6.92 Å². The fourth-order valence-corrected chi connectivity index (χ4v) is 1.80. The molecule has 0 spiro atoms. The highest BCUT2D eigenvalue weighted by Crippen LogP contribution is 2.30. The van der Waals surface area contributed by atoms with E-state index in [9.17, 15) is 9.59 Å². The minimum Gasteiger partial charge on any atom is -0.477 e. The monoisotopic (exact) mass is 252 g/mol. The normalized spacial score (nSPS) is 10.5. The van der Waals surface area contributed by atoms with Crippen molar-refractivity contribution in [3.63, 3.8) is 0 Å². The molecule has 0 bridgehead atoms. The van der Waals surface area contributed by atoms with Gasteiger partial charge in [-0.25, -0.2) is 4.79 Å². The zero-order valence-corrected chi connectivity index (χ0v) is 9.63. The number of aromatic carboxylic acids is 1. The summed E-state index contributed by atoms with van der Waals surface area (Å²) in [7, 11) is 0. The molecular formula is C11H9ClN2O3. The van der Waals surface area contributed by atoms with E-state index in [0.29, 0.717) is 15.9 Å². The molecule has 6 heteroatoms. The Balaban J connectivity index is 2.72. The summed E-state index contributed by atoms with van der Waals surface area (Å²) in [5, 5.41) is 12.6. The Labute approximate surface area is 101 Å². The number of hydrogen-bond donors (Lipinski definition) is 3. The molecule has 2 aromatic rings. The predicted octanol–water partition coefficient (Wildman–Crippen LogP) is 2.48. The summed E-state index contributed by atoms with van der Waals surface area (Å²) in [6, 6.07) is 4.91. The number of nitrogens with one attached hydrogen (secondary N) is 2. The molecule has 1 amide bonds. The number of benzene rings is 1. The van der Waals surface area contributed by atoms with Crippen molar-refractivity contribution < 1.29 is 14.7 Å². The average Bonchev–Trinajstić information content (AvgIpc) is 2.56. The molecule has 0 radical (unpaired) electrons. The van der Waals surface area contributed by atoms with Crippen molar-refractivity contribution in [3.8, 4) is 0 Å². The highest BCUT2D eigenvalue weighted by molar-refractivity contribution is 6.31. The van der Waals surface area contributed by atoms with Crippen molar-refractivity contribution >= 4 is 40.1 Å². The molecule has 0 saturated heterocycles. The van der Waals surface area contributed by atoms with E-state index in [1.165, 1.54) is 6.92 Å². The minimum atomic E-state index is -1.14. The van der Waals surface area contributed by atoms with Gasteiger partial charge in [-0.05, 0) is 18.2 Å². The van der Waals surface area contributed by atoms with Gasteiger partial charge in [0.1, 0.15) is 5.69 Å². The number of carboxylic acids is 1. The smallest absolute Gasteiger partial charge is 0.354 e. The lowest BCUT2D eigenvalue weighted by Gasteiger charge is -2.01. The zero-order chi connectivity index (χ0) is 12.6. The number of anilines is 1. The van der Waals surface area contributed by atoms with Gasteiger partial charge in [-0.3, -0.25) is 4.79 Å². The van der Waals surface area contributed by atoms with Gasteiger partial charge in [0.05, 0.1) is 5.69 Å². The van der Waals surface area contributed by atoms with Crippen molar-refractivity contribution in [2.24, 2.45) is 0 Å². The van der Waals surface area contributed by atoms with Crippen LogP contribution in [0.3, 0.4) is 0 Å². The van der Waals surface area contributed by atoms with Gasteiger partial charge in [0.25, 0.3) is 0 Å². The molecule has 88 valence electrons. The number of H-pyrrole nitrogens is 1. The van der Waals surface area contributed by atoms with Crippen LogP contribution in [-0.4, -0.2) is 22.0 Å². The largest absolute Gasteiger partial charge is 0.477 e. The molecule has 1 aromatic heterocycles. The number of carbonyl (C=O) groups excluding carboxylic acids is 1. The third kappa shape index (κ3) is 2.09. The second-order valence-corrected chi connectivity index (χ2v) is 3.99. The number of hydrogen-bond acceptors (Lipinski definition) is 2. The van der Waals surface area contributed by atoms with E-state index >= 15 is 0 Å². The molecular weight excluding hydrogens is 244 g/mol. The molecule has 0 aliphatic carbocycles. The van der Waals surface area contributed by atoms with Gasteiger partial charge >= 0.3 is 5.97 Å².